The van der Waals surface area contributed by atoms with E-state index in [2.05, 4.69) is 4.72 Å². The molecule has 0 unspecified atom stereocenters. The minimum atomic E-state index is -3.31. The molecule has 1 aromatic rings. The van der Waals surface area contributed by atoms with Gasteiger partial charge in [-0.3, -0.25) is 0 Å². The van der Waals surface area contributed by atoms with E-state index in [1.807, 2.05) is 13.8 Å². The van der Waals surface area contributed by atoms with Gasteiger partial charge in [-0.25, -0.2) is 13.1 Å². The molecule has 1 aromatic carbocycles. The van der Waals surface area contributed by atoms with Crippen molar-refractivity contribution >= 4 is 10.0 Å². The summed E-state index contributed by atoms with van der Waals surface area (Å²) in [4.78, 5) is 0.320. The molecule has 1 N–H and O–H groups in total. The van der Waals surface area contributed by atoms with Crippen LogP contribution >= 0.6 is 0 Å². The monoisotopic (exact) mass is 254 g/mol. The summed E-state index contributed by atoms with van der Waals surface area (Å²) in [5, 5.41) is 7.32. The van der Waals surface area contributed by atoms with Crippen molar-refractivity contribution < 1.29 is 8.42 Å². The Morgan fingerprint density at radius 3 is 2.18 bits per heavy atom. The Bertz CT molecular complexity index is 447. The normalized spacial score (nSPS) is 10.3. The third-order valence-corrected chi connectivity index (χ3v) is 3.17. The molecule has 0 aromatic heterocycles. The first-order valence-electron chi connectivity index (χ1n) is 5.29. The predicted molar refractivity (Wildman–Crippen MR) is 67.8 cm³/mol. The summed E-state index contributed by atoms with van der Waals surface area (Å²) in [6.07, 6.45) is 0. The first-order chi connectivity index (χ1) is 7.94. The zero-order valence-corrected chi connectivity index (χ0v) is 11.2. The molecule has 94 valence electrons. The zero-order chi connectivity index (χ0) is 13.3. The van der Waals surface area contributed by atoms with Crippen molar-refractivity contribution in [3.05, 3.63) is 30.3 Å². The Morgan fingerprint density at radius 1 is 1.29 bits per heavy atom. The van der Waals surface area contributed by atoms with E-state index < -0.39 is 10.0 Å². The lowest BCUT2D eigenvalue weighted by Gasteiger charge is -2.08. The van der Waals surface area contributed by atoms with Crippen LogP contribution in [0.2, 0.25) is 0 Å². The van der Waals surface area contributed by atoms with Gasteiger partial charge in [0.25, 0.3) is 0 Å². The van der Waals surface area contributed by atoms with Gasteiger partial charge in [0, 0.05) is 13.5 Å². The molecule has 0 radical (unpaired) electrons. The summed E-state index contributed by atoms with van der Waals surface area (Å²) in [7, 11) is -3.31. The fraction of sp³-hybridized carbons (Fsp3) is 0.417. The minimum Gasteiger partial charge on any atom is -0.211 e. The van der Waals surface area contributed by atoms with Gasteiger partial charge in [-0.2, -0.15) is 5.26 Å². The van der Waals surface area contributed by atoms with Crippen LogP contribution in [0.15, 0.2) is 35.2 Å². The van der Waals surface area contributed by atoms with Gasteiger partial charge in [0.15, 0.2) is 0 Å². The molecule has 5 heteroatoms. The number of rotatable bonds is 4. The Labute approximate surface area is 103 Å². The fourth-order valence-electron chi connectivity index (χ4n) is 0.959. The molecule has 0 amide bonds. The molecule has 0 bridgehead atoms. The van der Waals surface area contributed by atoms with Crippen molar-refractivity contribution in [2.24, 2.45) is 5.92 Å². The Morgan fingerprint density at radius 2 is 1.76 bits per heavy atom. The number of nitrogens with zero attached hydrogens (tertiary/aromatic N) is 1. The van der Waals surface area contributed by atoms with Crippen molar-refractivity contribution in [2.75, 3.05) is 6.54 Å². The molecule has 0 heterocycles. The summed E-state index contributed by atoms with van der Waals surface area (Å²) in [5.41, 5.74) is 0. The van der Waals surface area contributed by atoms with E-state index in [9.17, 15) is 8.42 Å². The molecule has 0 saturated carbocycles. The molecule has 0 aliphatic rings. The summed E-state index contributed by atoms with van der Waals surface area (Å²) < 4.78 is 25.8. The first-order valence-corrected chi connectivity index (χ1v) is 6.78. The van der Waals surface area contributed by atoms with Crippen molar-refractivity contribution in [3.63, 3.8) is 0 Å². The quantitative estimate of drug-likeness (QED) is 0.895. The van der Waals surface area contributed by atoms with E-state index >= 15 is 0 Å². The maximum absolute atomic E-state index is 11.6. The smallest absolute Gasteiger partial charge is 0.211 e. The van der Waals surface area contributed by atoms with Crippen molar-refractivity contribution in [1.82, 2.24) is 4.72 Å². The van der Waals surface area contributed by atoms with Gasteiger partial charge in [-0.1, -0.05) is 32.0 Å². The average Bonchev–Trinajstić information content (AvgIpc) is 2.29. The van der Waals surface area contributed by atoms with Crippen molar-refractivity contribution in [1.29, 1.82) is 5.26 Å². The summed E-state index contributed by atoms with van der Waals surface area (Å²) in [5.74, 6) is 0.313. The zero-order valence-electron chi connectivity index (χ0n) is 10.3. The van der Waals surface area contributed by atoms with E-state index in [-0.39, 0.29) is 0 Å². The highest BCUT2D eigenvalue weighted by atomic mass is 32.2. The van der Waals surface area contributed by atoms with Gasteiger partial charge in [-0.05, 0) is 18.1 Å². The summed E-state index contributed by atoms with van der Waals surface area (Å²) in [6.45, 7) is 5.83. The van der Waals surface area contributed by atoms with Crippen LogP contribution < -0.4 is 4.72 Å². The van der Waals surface area contributed by atoms with E-state index in [0.717, 1.165) is 0 Å². The minimum absolute atomic E-state index is 0.313. The number of nitriles is 1. The maximum atomic E-state index is 11.6. The molecule has 17 heavy (non-hydrogen) atoms. The maximum Gasteiger partial charge on any atom is 0.240 e. The van der Waals surface area contributed by atoms with E-state index in [1.54, 1.807) is 36.4 Å². The standard InChI is InChI=1S/C10H15NO2S.C2H3N/c1-9(2)8-11-14(12,13)10-6-4-3-5-7-10;1-2-3/h3-7,9,11H,8H2,1-2H3;1H3. The van der Waals surface area contributed by atoms with Gasteiger partial charge >= 0.3 is 0 Å². The highest BCUT2D eigenvalue weighted by Crippen LogP contribution is 2.07. The lowest BCUT2D eigenvalue weighted by Crippen LogP contribution is -2.27. The highest BCUT2D eigenvalue weighted by Gasteiger charge is 2.12. The van der Waals surface area contributed by atoms with Gasteiger partial charge in [-0.15, -0.1) is 0 Å². The Balaban J connectivity index is 0.000000770. The van der Waals surface area contributed by atoms with Gasteiger partial charge < -0.3 is 0 Å². The van der Waals surface area contributed by atoms with E-state index in [1.165, 1.54) is 6.92 Å². The van der Waals surface area contributed by atoms with Crippen LogP contribution in [0, 0.1) is 17.2 Å². The second kappa shape index (κ2) is 7.82. The van der Waals surface area contributed by atoms with E-state index in [4.69, 9.17) is 5.26 Å². The van der Waals surface area contributed by atoms with Crippen LogP contribution in [-0.4, -0.2) is 15.0 Å². The molecule has 0 aliphatic heterocycles. The molecule has 0 saturated heterocycles. The van der Waals surface area contributed by atoms with Crippen LogP contribution in [0.25, 0.3) is 0 Å². The number of sulfonamides is 1. The number of benzene rings is 1. The second-order valence-corrected chi connectivity index (χ2v) is 5.55. The third kappa shape index (κ3) is 6.72. The molecule has 4 nitrogen and oxygen atoms in total. The molecule has 0 aliphatic carbocycles. The van der Waals surface area contributed by atoms with Crippen LogP contribution in [-0.2, 0) is 10.0 Å². The van der Waals surface area contributed by atoms with Gasteiger partial charge in [0.05, 0.1) is 11.0 Å². The molecular weight excluding hydrogens is 236 g/mol. The molecule has 0 atom stereocenters. The fourth-order valence-corrected chi connectivity index (χ4v) is 2.19. The third-order valence-electron chi connectivity index (χ3n) is 1.74. The molecular formula is C12H18N2O2S. The van der Waals surface area contributed by atoms with Crippen LogP contribution in [0.4, 0.5) is 0 Å². The Kier molecular flexibility index (Phi) is 7.19. The van der Waals surface area contributed by atoms with Crippen molar-refractivity contribution in [3.8, 4) is 6.07 Å². The lowest BCUT2D eigenvalue weighted by atomic mass is 10.2. The highest BCUT2D eigenvalue weighted by molar-refractivity contribution is 7.89. The van der Waals surface area contributed by atoms with Crippen molar-refractivity contribution in [2.45, 2.75) is 25.7 Å². The van der Waals surface area contributed by atoms with Crippen LogP contribution in [0.1, 0.15) is 20.8 Å². The number of hydrogen-bond donors (Lipinski definition) is 1. The molecule has 0 fully saturated rings. The largest absolute Gasteiger partial charge is 0.240 e. The second-order valence-electron chi connectivity index (χ2n) is 3.78. The van der Waals surface area contributed by atoms with E-state index in [0.29, 0.717) is 17.4 Å². The molecule has 1 rings (SSSR count). The lowest BCUT2D eigenvalue weighted by molar-refractivity contribution is 0.560. The predicted octanol–water partition coefficient (Wildman–Crippen LogP) is 2.15. The van der Waals surface area contributed by atoms with Gasteiger partial charge in [0.2, 0.25) is 10.0 Å². The number of nitrogens with one attached hydrogen (secondary N) is 1. The number of hydrogen-bond acceptors (Lipinski definition) is 3. The summed E-state index contributed by atoms with van der Waals surface area (Å²) >= 11 is 0. The van der Waals surface area contributed by atoms with Gasteiger partial charge in [0.1, 0.15) is 0 Å². The topological polar surface area (TPSA) is 70.0 Å². The summed E-state index contributed by atoms with van der Waals surface area (Å²) in [6, 6.07) is 10.1. The average molecular weight is 254 g/mol. The first kappa shape index (κ1) is 15.6. The molecule has 0 spiro atoms. The SMILES string of the molecule is CC#N.CC(C)CNS(=O)(=O)c1ccccc1. The van der Waals surface area contributed by atoms with Crippen LogP contribution in [0.3, 0.4) is 0 Å². The Hall–Kier alpha value is -1.38. The van der Waals surface area contributed by atoms with Crippen LogP contribution in [0.5, 0.6) is 0 Å².